The molecule has 1 fully saturated rings. The molecule has 0 aromatic heterocycles. The zero-order valence-electron chi connectivity index (χ0n) is 14.4. The van der Waals surface area contributed by atoms with Crippen molar-refractivity contribution in [1.29, 1.82) is 0 Å². The molecular weight excluding hydrogens is 336 g/mol. The first-order chi connectivity index (χ1) is 12.6. The van der Waals surface area contributed by atoms with Crippen LogP contribution in [0, 0.1) is 5.92 Å². The van der Waals surface area contributed by atoms with Crippen molar-refractivity contribution in [3.63, 3.8) is 0 Å². The molecule has 7 heteroatoms. The summed E-state index contributed by atoms with van der Waals surface area (Å²) < 4.78 is 10.9. The van der Waals surface area contributed by atoms with E-state index in [1.807, 2.05) is 37.3 Å². The molecule has 2 atom stereocenters. The largest absolute Gasteiger partial charge is 0.444 e. The molecule has 7 nitrogen and oxygen atoms in total. The summed E-state index contributed by atoms with van der Waals surface area (Å²) in [6.07, 6.45) is 4.70. The van der Waals surface area contributed by atoms with Gasteiger partial charge in [-0.15, -0.1) is 0 Å². The van der Waals surface area contributed by atoms with Crippen LogP contribution in [0.4, 0.5) is 4.79 Å². The van der Waals surface area contributed by atoms with E-state index in [-0.39, 0.29) is 12.3 Å². The molecule has 1 aromatic carbocycles. The van der Waals surface area contributed by atoms with Crippen molar-refractivity contribution in [2.75, 3.05) is 6.61 Å². The first-order valence-electron chi connectivity index (χ1n) is 8.43. The summed E-state index contributed by atoms with van der Waals surface area (Å²) in [4.78, 5) is 36.7. The number of amides is 3. The van der Waals surface area contributed by atoms with Gasteiger partial charge in [0, 0.05) is 12.3 Å². The van der Waals surface area contributed by atoms with Crippen LogP contribution in [0.15, 0.2) is 54.3 Å². The molecule has 26 heavy (non-hydrogen) atoms. The summed E-state index contributed by atoms with van der Waals surface area (Å²) in [7, 11) is 0. The molecule has 2 unspecified atom stereocenters. The number of carbonyl (C=O) groups is 3. The summed E-state index contributed by atoms with van der Waals surface area (Å²) in [6, 6.07) is 9.23. The number of hydrogen-bond donors (Lipinski definition) is 2. The van der Waals surface area contributed by atoms with Gasteiger partial charge in [-0.2, -0.15) is 0 Å². The number of rotatable bonds is 6. The maximum absolute atomic E-state index is 12.3. The zero-order chi connectivity index (χ0) is 18.6. The zero-order valence-corrected chi connectivity index (χ0v) is 14.4. The molecule has 3 amide bonds. The monoisotopic (exact) mass is 356 g/mol. The van der Waals surface area contributed by atoms with E-state index >= 15 is 0 Å². The fourth-order valence-electron chi connectivity index (χ4n) is 3.00. The van der Waals surface area contributed by atoms with Crippen LogP contribution in [0.25, 0.3) is 0 Å². The summed E-state index contributed by atoms with van der Waals surface area (Å²) in [5.41, 5.74) is -0.316. The predicted octanol–water partition coefficient (Wildman–Crippen LogP) is 1.80. The van der Waals surface area contributed by atoms with Gasteiger partial charge in [-0.25, -0.2) is 4.79 Å². The Morgan fingerprint density at radius 1 is 1.27 bits per heavy atom. The lowest BCUT2D eigenvalue weighted by Gasteiger charge is -2.31. The summed E-state index contributed by atoms with van der Waals surface area (Å²) in [5, 5.41) is 4.85. The molecule has 0 spiro atoms. The van der Waals surface area contributed by atoms with Crippen LogP contribution in [0.1, 0.15) is 18.9 Å². The van der Waals surface area contributed by atoms with Gasteiger partial charge in [0.2, 0.25) is 5.91 Å². The van der Waals surface area contributed by atoms with Gasteiger partial charge in [0.15, 0.2) is 5.60 Å². The smallest absolute Gasteiger partial charge is 0.411 e. The van der Waals surface area contributed by atoms with E-state index in [0.717, 1.165) is 5.56 Å². The summed E-state index contributed by atoms with van der Waals surface area (Å²) in [5.74, 6) is -1.98. The summed E-state index contributed by atoms with van der Waals surface area (Å²) >= 11 is 0. The maximum Gasteiger partial charge on any atom is 0.411 e. The minimum absolute atomic E-state index is 0.100. The van der Waals surface area contributed by atoms with Crippen LogP contribution in [0.3, 0.4) is 0 Å². The Kier molecular flexibility index (Phi) is 5.18. The molecule has 136 valence electrons. The molecule has 3 rings (SSSR count). The number of hydrogen-bond acceptors (Lipinski definition) is 5. The molecule has 0 saturated carbocycles. The third kappa shape index (κ3) is 3.39. The fraction of sp³-hybridized carbons (Fsp3) is 0.316. The first kappa shape index (κ1) is 17.9. The molecule has 2 aliphatic rings. The van der Waals surface area contributed by atoms with Crippen LogP contribution in [0.2, 0.25) is 0 Å². The average molecular weight is 356 g/mol. The minimum Gasteiger partial charge on any atom is -0.444 e. The second-order valence-corrected chi connectivity index (χ2v) is 6.06. The lowest BCUT2D eigenvalue weighted by Crippen LogP contribution is -2.48. The van der Waals surface area contributed by atoms with Gasteiger partial charge in [0.1, 0.15) is 12.5 Å². The van der Waals surface area contributed by atoms with Gasteiger partial charge in [-0.3, -0.25) is 20.2 Å². The lowest BCUT2D eigenvalue weighted by atomic mass is 9.83. The van der Waals surface area contributed by atoms with Gasteiger partial charge in [0.25, 0.3) is 5.91 Å². The second-order valence-electron chi connectivity index (χ2n) is 6.06. The highest BCUT2D eigenvalue weighted by Gasteiger charge is 2.57. The van der Waals surface area contributed by atoms with Crippen LogP contribution >= 0.6 is 0 Å². The van der Waals surface area contributed by atoms with E-state index in [0.29, 0.717) is 13.0 Å². The molecule has 0 radical (unpaired) electrons. The molecule has 0 bridgehead atoms. The third-order valence-corrected chi connectivity index (χ3v) is 4.22. The van der Waals surface area contributed by atoms with Crippen LogP contribution < -0.4 is 10.6 Å². The predicted molar refractivity (Wildman–Crippen MR) is 92.6 cm³/mol. The van der Waals surface area contributed by atoms with Crippen molar-refractivity contribution in [3.8, 4) is 0 Å². The number of fused-ring (bicyclic) bond motifs is 1. The normalized spacial score (nSPS) is 23.9. The van der Waals surface area contributed by atoms with Crippen molar-refractivity contribution in [1.82, 2.24) is 10.6 Å². The van der Waals surface area contributed by atoms with Gasteiger partial charge in [-0.1, -0.05) is 43.3 Å². The van der Waals surface area contributed by atoms with Gasteiger partial charge < -0.3 is 9.47 Å². The van der Waals surface area contributed by atoms with E-state index in [1.54, 1.807) is 18.2 Å². The number of allylic oxidation sites excluding steroid dienone is 2. The van der Waals surface area contributed by atoms with Gasteiger partial charge >= 0.3 is 6.09 Å². The topological polar surface area (TPSA) is 93.7 Å². The Morgan fingerprint density at radius 2 is 2.04 bits per heavy atom. The third-order valence-electron chi connectivity index (χ3n) is 4.22. The minimum atomic E-state index is -1.43. The number of carbonyl (C=O) groups excluding carboxylic acids is 3. The Morgan fingerprint density at radius 3 is 2.77 bits per heavy atom. The van der Waals surface area contributed by atoms with Crippen LogP contribution in [-0.2, 0) is 25.7 Å². The highest BCUT2D eigenvalue weighted by atomic mass is 16.5. The maximum atomic E-state index is 12.3. The first-order valence-corrected chi connectivity index (χ1v) is 8.43. The molecule has 1 aliphatic carbocycles. The van der Waals surface area contributed by atoms with Crippen molar-refractivity contribution in [2.24, 2.45) is 5.92 Å². The molecule has 1 aromatic rings. The van der Waals surface area contributed by atoms with Gasteiger partial charge in [-0.05, 0) is 24.1 Å². The number of ether oxygens (including phenoxy) is 2. The molecule has 1 saturated heterocycles. The van der Waals surface area contributed by atoms with E-state index in [9.17, 15) is 14.4 Å². The van der Waals surface area contributed by atoms with Crippen LogP contribution in [-0.4, -0.2) is 30.1 Å². The number of alkyl carbamates (subject to hydrolysis) is 1. The van der Waals surface area contributed by atoms with Crippen molar-refractivity contribution in [2.45, 2.75) is 25.6 Å². The van der Waals surface area contributed by atoms with Gasteiger partial charge in [0.05, 0.1) is 0 Å². The van der Waals surface area contributed by atoms with Crippen LogP contribution in [0.5, 0.6) is 0 Å². The average Bonchev–Trinajstić information content (AvgIpc) is 2.90. The van der Waals surface area contributed by atoms with E-state index in [4.69, 9.17) is 9.47 Å². The highest BCUT2D eigenvalue weighted by Crippen LogP contribution is 2.37. The number of benzene rings is 1. The van der Waals surface area contributed by atoms with Crippen molar-refractivity contribution in [3.05, 3.63) is 59.8 Å². The SMILES string of the molecule is CCCOC12C=CC=C(NC(=O)OCc3ccccc3)C1C(=O)NC2=O. The number of imide groups is 1. The molecular formula is C19H20N2O5. The molecule has 1 heterocycles. The second kappa shape index (κ2) is 7.53. The Bertz CT molecular complexity index is 771. The highest BCUT2D eigenvalue weighted by molar-refractivity contribution is 6.12. The summed E-state index contributed by atoms with van der Waals surface area (Å²) in [6.45, 7) is 2.32. The van der Waals surface area contributed by atoms with E-state index in [2.05, 4.69) is 10.6 Å². The van der Waals surface area contributed by atoms with Crippen molar-refractivity contribution >= 4 is 17.9 Å². The van der Waals surface area contributed by atoms with E-state index in [1.165, 1.54) is 0 Å². The van der Waals surface area contributed by atoms with Crippen molar-refractivity contribution < 1.29 is 23.9 Å². The standard InChI is InChI=1S/C19H20N2O5/c1-2-11-26-19-10-6-9-14(15(19)16(22)21-17(19)23)20-18(24)25-12-13-7-4-3-5-8-13/h3-10,15H,2,11-12H2,1H3,(H,20,24)(H,21,22,23). The Hall–Kier alpha value is -2.93. The fourth-order valence-corrected chi connectivity index (χ4v) is 3.00. The molecule has 1 aliphatic heterocycles. The lowest BCUT2D eigenvalue weighted by molar-refractivity contribution is -0.139. The quantitative estimate of drug-likeness (QED) is 0.758. The van der Waals surface area contributed by atoms with E-state index < -0.39 is 29.4 Å². The Labute approximate surface area is 151 Å². The molecule has 2 N–H and O–H groups in total. The number of nitrogens with one attached hydrogen (secondary N) is 2. The Balaban J connectivity index is 1.70.